The molecule has 20 heavy (non-hydrogen) atoms. The van der Waals surface area contributed by atoms with Crippen LogP contribution >= 0.6 is 0 Å². The van der Waals surface area contributed by atoms with E-state index in [9.17, 15) is 4.79 Å². The summed E-state index contributed by atoms with van der Waals surface area (Å²) in [5, 5.41) is 2.81. The standard InChI is InChI=1S/C14H21N3O3/c1-17(10-5-6-20-9-10)8-14(18)16-13-4-3-11(19-2)7-12(13)15/h3-4,7,10H,5-6,8-9,15H2,1-2H3,(H,16,18). The van der Waals surface area contributed by atoms with Gasteiger partial charge in [0, 0.05) is 18.7 Å². The van der Waals surface area contributed by atoms with Crippen molar-refractivity contribution in [3.8, 4) is 5.75 Å². The Hall–Kier alpha value is -1.79. The molecular weight excluding hydrogens is 258 g/mol. The van der Waals surface area contributed by atoms with Gasteiger partial charge in [0.15, 0.2) is 0 Å². The van der Waals surface area contributed by atoms with E-state index in [-0.39, 0.29) is 5.91 Å². The molecule has 0 aromatic heterocycles. The first-order chi connectivity index (χ1) is 9.60. The van der Waals surface area contributed by atoms with Crippen molar-refractivity contribution in [1.29, 1.82) is 0 Å². The SMILES string of the molecule is COc1ccc(NC(=O)CN(C)C2CCOC2)c(N)c1. The Morgan fingerprint density at radius 2 is 2.40 bits per heavy atom. The third kappa shape index (κ3) is 3.61. The number of likely N-dealkylation sites (N-methyl/N-ethyl adjacent to an activating group) is 1. The first kappa shape index (κ1) is 14.6. The zero-order chi connectivity index (χ0) is 14.5. The highest BCUT2D eigenvalue weighted by Crippen LogP contribution is 2.24. The van der Waals surface area contributed by atoms with Crippen LogP contribution in [0.1, 0.15) is 6.42 Å². The van der Waals surface area contributed by atoms with E-state index in [1.54, 1.807) is 25.3 Å². The van der Waals surface area contributed by atoms with Gasteiger partial charge in [-0.2, -0.15) is 0 Å². The number of amides is 1. The molecule has 1 amide bonds. The summed E-state index contributed by atoms with van der Waals surface area (Å²) < 4.78 is 10.4. The van der Waals surface area contributed by atoms with Crippen molar-refractivity contribution in [2.24, 2.45) is 0 Å². The van der Waals surface area contributed by atoms with Gasteiger partial charge in [0.25, 0.3) is 0 Å². The van der Waals surface area contributed by atoms with E-state index >= 15 is 0 Å². The second-order valence-electron chi connectivity index (χ2n) is 4.93. The van der Waals surface area contributed by atoms with Crippen LogP contribution in [0.2, 0.25) is 0 Å². The van der Waals surface area contributed by atoms with Crippen LogP contribution < -0.4 is 15.8 Å². The molecule has 0 saturated carbocycles. The number of anilines is 2. The molecule has 1 aliphatic heterocycles. The number of carbonyl (C=O) groups excluding carboxylic acids is 1. The van der Waals surface area contributed by atoms with Gasteiger partial charge in [-0.25, -0.2) is 0 Å². The normalized spacial score (nSPS) is 18.2. The monoisotopic (exact) mass is 279 g/mol. The number of methoxy groups -OCH3 is 1. The molecule has 0 aliphatic carbocycles. The summed E-state index contributed by atoms with van der Waals surface area (Å²) in [7, 11) is 3.50. The van der Waals surface area contributed by atoms with Crippen LogP contribution in [0.25, 0.3) is 0 Å². The quantitative estimate of drug-likeness (QED) is 0.784. The van der Waals surface area contributed by atoms with Gasteiger partial charge in [-0.1, -0.05) is 0 Å². The number of nitrogens with two attached hydrogens (primary N) is 1. The van der Waals surface area contributed by atoms with Crippen molar-refractivity contribution in [3.63, 3.8) is 0 Å². The lowest BCUT2D eigenvalue weighted by Crippen LogP contribution is -2.38. The average molecular weight is 279 g/mol. The van der Waals surface area contributed by atoms with Crippen LogP contribution in [0.5, 0.6) is 5.75 Å². The van der Waals surface area contributed by atoms with E-state index in [4.69, 9.17) is 15.2 Å². The second kappa shape index (κ2) is 6.58. The number of benzene rings is 1. The second-order valence-corrected chi connectivity index (χ2v) is 4.93. The Morgan fingerprint density at radius 3 is 3.00 bits per heavy atom. The van der Waals surface area contributed by atoms with E-state index in [0.29, 0.717) is 36.3 Å². The average Bonchev–Trinajstić information content (AvgIpc) is 2.95. The van der Waals surface area contributed by atoms with E-state index in [1.165, 1.54) is 0 Å². The molecule has 110 valence electrons. The van der Waals surface area contributed by atoms with Gasteiger partial charge < -0.3 is 20.5 Å². The Labute approximate surface area is 118 Å². The number of ether oxygens (including phenoxy) is 2. The fourth-order valence-corrected chi connectivity index (χ4v) is 2.20. The zero-order valence-corrected chi connectivity index (χ0v) is 11.9. The van der Waals surface area contributed by atoms with Crippen molar-refractivity contribution >= 4 is 17.3 Å². The summed E-state index contributed by atoms with van der Waals surface area (Å²) in [6, 6.07) is 5.50. The fourth-order valence-electron chi connectivity index (χ4n) is 2.20. The van der Waals surface area contributed by atoms with Crippen molar-refractivity contribution in [1.82, 2.24) is 4.90 Å². The molecule has 1 aromatic carbocycles. The van der Waals surface area contributed by atoms with Crippen LogP contribution in [0.3, 0.4) is 0 Å². The van der Waals surface area contributed by atoms with E-state index < -0.39 is 0 Å². The van der Waals surface area contributed by atoms with Crippen LogP contribution in [0, 0.1) is 0 Å². The molecule has 1 heterocycles. The molecule has 6 heteroatoms. The van der Waals surface area contributed by atoms with E-state index in [1.807, 2.05) is 11.9 Å². The highest BCUT2D eigenvalue weighted by Gasteiger charge is 2.22. The van der Waals surface area contributed by atoms with Gasteiger partial charge >= 0.3 is 0 Å². The van der Waals surface area contributed by atoms with Gasteiger partial charge in [0.2, 0.25) is 5.91 Å². The maximum absolute atomic E-state index is 12.0. The maximum Gasteiger partial charge on any atom is 0.238 e. The molecule has 0 bridgehead atoms. The Balaban J connectivity index is 1.90. The van der Waals surface area contributed by atoms with Crippen molar-refractivity contribution < 1.29 is 14.3 Å². The summed E-state index contributed by atoms with van der Waals surface area (Å²) in [4.78, 5) is 14.0. The summed E-state index contributed by atoms with van der Waals surface area (Å²) >= 11 is 0. The highest BCUT2D eigenvalue weighted by molar-refractivity contribution is 5.95. The van der Waals surface area contributed by atoms with Crippen molar-refractivity contribution in [2.75, 3.05) is 45.0 Å². The number of rotatable bonds is 5. The predicted octanol–water partition coefficient (Wildman–Crippen LogP) is 0.937. The lowest BCUT2D eigenvalue weighted by atomic mass is 10.2. The van der Waals surface area contributed by atoms with Crippen LogP contribution in [-0.4, -0.2) is 50.8 Å². The van der Waals surface area contributed by atoms with Gasteiger partial charge in [-0.05, 0) is 25.6 Å². The molecule has 1 aliphatic rings. The molecule has 1 atom stereocenters. The van der Waals surface area contributed by atoms with Crippen LogP contribution in [0.4, 0.5) is 11.4 Å². The Morgan fingerprint density at radius 1 is 1.60 bits per heavy atom. The minimum atomic E-state index is -0.0868. The third-order valence-corrected chi connectivity index (χ3v) is 3.45. The molecule has 2 rings (SSSR count). The Bertz CT molecular complexity index is 473. The molecule has 6 nitrogen and oxygen atoms in total. The lowest BCUT2D eigenvalue weighted by molar-refractivity contribution is -0.117. The fraction of sp³-hybridized carbons (Fsp3) is 0.500. The van der Waals surface area contributed by atoms with Crippen molar-refractivity contribution in [3.05, 3.63) is 18.2 Å². The van der Waals surface area contributed by atoms with Gasteiger partial charge in [-0.15, -0.1) is 0 Å². The van der Waals surface area contributed by atoms with Crippen molar-refractivity contribution in [2.45, 2.75) is 12.5 Å². The minimum Gasteiger partial charge on any atom is -0.497 e. The van der Waals surface area contributed by atoms with Crippen LogP contribution in [-0.2, 0) is 9.53 Å². The minimum absolute atomic E-state index is 0.0868. The summed E-state index contributed by atoms with van der Waals surface area (Å²) in [6.45, 7) is 1.77. The van der Waals surface area contributed by atoms with E-state index in [0.717, 1.165) is 13.0 Å². The first-order valence-electron chi connectivity index (χ1n) is 6.61. The molecule has 1 aromatic rings. The summed E-state index contributed by atoms with van der Waals surface area (Å²) in [5.74, 6) is 0.581. The van der Waals surface area contributed by atoms with E-state index in [2.05, 4.69) is 5.32 Å². The number of carbonyl (C=O) groups is 1. The molecule has 1 fully saturated rings. The van der Waals surface area contributed by atoms with Crippen LogP contribution in [0.15, 0.2) is 18.2 Å². The highest BCUT2D eigenvalue weighted by atomic mass is 16.5. The largest absolute Gasteiger partial charge is 0.497 e. The number of hydrogen-bond acceptors (Lipinski definition) is 5. The molecule has 0 radical (unpaired) electrons. The van der Waals surface area contributed by atoms with Gasteiger partial charge in [0.05, 0.1) is 31.6 Å². The number of nitrogens with one attached hydrogen (secondary N) is 1. The number of nitrogens with zero attached hydrogens (tertiary/aromatic N) is 1. The lowest BCUT2D eigenvalue weighted by Gasteiger charge is -2.22. The molecule has 1 unspecified atom stereocenters. The topological polar surface area (TPSA) is 76.8 Å². The molecule has 0 spiro atoms. The summed E-state index contributed by atoms with van der Waals surface area (Å²) in [6.07, 6.45) is 0.967. The first-order valence-corrected chi connectivity index (χ1v) is 6.61. The number of nitrogen functional groups attached to an aromatic ring is 1. The third-order valence-electron chi connectivity index (χ3n) is 3.45. The molecular formula is C14H21N3O3. The predicted molar refractivity (Wildman–Crippen MR) is 77.9 cm³/mol. The van der Waals surface area contributed by atoms with Gasteiger partial charge in [-0.3, -0.25) is 9.69 Å². The zero-order valence-electron chi connectivity index (χ0n) is 11.9. The molecule has 3 N–H and O–H groups in total. The molecule has 1 saturated heterocycles. The van der Waals surface area contributed by atoms with Gasteiger partial charge in [0.1, 0.15) is 5.75 Å². The summed E-state index contributed by atoms with van der Waals surface area (Å²) in [5.41, 5.74) is 6.96. The Kier molecular flexibility index (Phi) is 4.81. The number of hydrogen-bond donors (Lipinski definition) is 2. The maximum atomic E-state index is 12.0. The smallest absolute Gasteiger partial charge is 0.238 e.